The lowest BCUT2D eigenvalue weighted by molar-refractivity contribution is 0.412. The molecular formula is C15H14N4OS. The maximum absolute atomic E-state index is 5.39. The molecule has 6 heteroatoms. The van der Waals surface area contributed by atoms with Crippen LogP contribution in [0.1, 0.15) is 5.56 Å². The molecule has 1 aromatic carbocycles. The van der Waals surface area contributed by atoms with Crippen molar-refractivity contribution < 1.29 is 4.74 Å². The SMILES string of the molecule is COc1ccccc1-n1cnnc1SCc1cccnc1. The molecule has 5 nitrogen and oxygen atoms in total. The Labute approximate surface area is 127 Å². The van der Waals surface area contributed by atoms with Gasteiger partial charge >= 0.3 is 0 Å². The zero-order chi connectivity index (χ0) is 14.5. The van der Waals surface area contributed by atoms with Gasteiger partial charge in [-0.3, -0.25) is 9.55 Å². The lowest BCUT2D eigenvalue weighted by Crippen LogP contribution is -1.98. The summed E-state index contributed by atoms with van der Waals surface area (Å²) in [4.78, 5) is 4.12. The molecule has 0 N–H and O–H groups in total. The van der Waals surface area contributed by atoms with Crippen molar-refractivity contribution in [2.24, 2.45) is 0 Å². The largest absolute Gasteiger partial charge is 0.495 e. The minimum Gasteiger partial charge on any atom is -0.495 e. The number of methoxy groups -OCH3 is 1. The van der Waals surface area contributed by atoms with Crippen LogP contribution < -0.4 is 4.74 Å². The first-order valence-corrected chi connectivity index (χ1v) is 7.42. The summed E-state index contributed by atoms with van der Waals surface area (Å²) in [5.74, 6) is 1.59. The van der Waals surface area contributed by atoms with E-state index in [2.05, 4.69) is 15.2 Å². The minimum absolute atomic E-state index is 0.792. The zero-order valence-corrected chi connectivity index (χ0v) is 12.3. The van der Waals surface area contributed by atoms with Crippen LogP contribution in [-0.2, 0) is 5.75 Å². The van der Waals surface area contributed by atoms with Crippen LogP contribution >= 0.6 is 11.8 Å². The number of nitrogens with zero attached hydrogens (tertiary/aromatic N) is 4. The first-order chi connectivity index (χ1) is 10.4. The van der Waals surface area contributed by atoms with Crippen molar-refractivity contribution in [1.29, 1.82) is 0 Å². The normalized spacial score (nSPS) is 10.5. The van der Waals surface area contributed by atoms with Gasteiger partial charge in [-0.1, -0.05) is 30.0 Å². The van der Waals surface area contributed by atoms with Gasteiger partial charge in [0.25, 0.3) is 0 Å². The van der Waals surface area contributed by atoms with E-state index in [9.17, 15) is 0 Å². The van der Waals surface area contributed by atoms with E-state index < -0.39 is 0 Å². The second-order valence-corrected chi connectivity index (χ2v) is 5.25. The van der Waals surface area contributed by atoms with E-state index in [1.54, 1.807) is 31.4 Å². The third-order valence-electron chi connectivity index (χ3n) is 2.95. The lowest BCUT2D eigenvalue weighted by Gasteiger charge is -2.10. The Morgan fingerprint density at radius 3 is 2.90 bits per heavy atom. The van der Waals surface area contributed by atoms with E-state index in [4.69, 9.17) is 4.74 Å². The first kappa shape index (κ1) is 13.6. The number of pyridine rings is 1. The Bertz CT molecular complexity index is 714. The van der Waals surface area contributed by atoms with Gasteiger partial charge in [-0.05, 0) is 23.8 Å². The Balaban J connectivity index is 1.84. The molecule has 0 spiro atoms. The molecule has 0 aliphatic rings. The maximum atomic E-state index is 5.39. The summed E-state index contributed by atoms with van der Waals surface area (Å²) in [5, 5.41) is 9.01. The summed E-state index contributed by atoms with van der Waals surface area (Å²) >= 11 is 1.61. The van der Waals surface area contributed by atoms with E-state index in [-0.39, 0.29) is 0 Å². The molecule has 0 atom stereocenters. The van der Waals surface area contributed by atoms with E-state index in [0.717, 1.165) is 27.9 Å². The lowest BCUT2D eigenvalue weighted by atomic mass is 10.3. The highest BCUT2D eigenvalue weighted by atomic mass is 32.2. The third-order valence-corrected chi connectivity index (χ3v) is 3.97. The van der Waals surface area contributed by atoms with Gasteiger partial charge in [0, 0.05) is 18.1 Å². The molecule has 0 fully saturated rings. The van der Waals surface area contributed by atoms with Crippen LogP contribution in [0.15, 0.2) is 60.3 Å². The van der Waals surface area contributed by atoms with Crippen LogP contribution in [0.25, 0.3) is 5.69 Å². The quantitative estimate of drug-likeness (QED) is 0.678. The Morgan fingerprint density at radius 2 is 2.10 bits per heavy atom. The van der Waals surface area contributed by atoms with Gasteiger partial charge in [-0.2, -0.15) is 0 Å². The molecule has 106 valence electrons. The van der Waals surface area contributed by atoms with Crippen LogP contribution in [0.3, 0.4) is 0 Å². The number of thioether (sulfide) groups is 1. The van der Waals surface area contributed by atoms with Gasteiger partial charge < -0.3 is 4.74 Å². The predicted molar refractivity (Wildman–Crippen MR) is 81.7 cm³/mol. The molecule has 0 radical (unpaired) electrons. The van der Waals surface area contributed by atoms with Crippen molar-refractivity contribution >= 4 is 11.8 Å². The molecule has 0 aliphatic carbocycles. The monoisotopic (exact) mass is 298 g/mol. The second kappa shape index (κ2) is 6.41. The highest BCUT2D eigenvalue weighted by Gasteiger charge is 2.11. The summed E-state index contributed by atoms with van der Waals surface area (Å²) in [5.41, 5.74) is 2.08. The topological polar surface area (TPSA) is 52.8 Å². The Hall–Kier alpha value is -2.34. The molecule has 0 saturated heterocycles. The number of hydrogen-bond acceptors (Lipinski definition) is 5. The van der Waals surface area contributed by atoms with Gasteiger partial charge in [-0.15, -0.1) is 10.2 Å². The van der Waals surface area contributed by atoms with Crippen molar-refractivity contribution in [2.45, 2.75) is 10.9 Å². The van der Waals surface area contributed by atoms with Gasteiger partial charge in [0.1, 0.15) is 12.1 Å². The smallest absolute Gasteiger partial charge is 0.196 e. The molecule has 3 aromatic rings. The van der Waals surface area contributed by atoms with E-state index in [1.807, 2.05) is 47.2 Å². The maximum Gasteiger partial charge on any atom is 0.196 e. The zero-order valence-electron chi connectivity index (χ0n) is 11.5. The molecule has 2 aromatic heterocycles. The van der Waals surface area contributed by atoms with Crippen LogP contribution in [0.4, 0.5) is 0 Å². The summed E-state index contributed by atoms with van der Waals surface area (Å²) < 4.78 is 7.32. The Morgan fingerprint density at radius 1 is 1.19 bits per heavy atom. The Kier molecular flexibility index (Phi) is 4.16. The number of rotatable bonds is 5. The molecule has 0 aliphatic heterocycles. The van der Waals surface area contributed by atoms with Crippen molar-refractivity contribution in [2.75, 3.05) is 7.11 Å². The fourth-order valence-corrected chi connectivity index (χ4v) is 2.80. The number of aromatic nitrogens is 4. The highest BCUT2D eigenvalue weighted by molar-refractivity contribution is 7.98. The molecular weight excluding hydrogens is 284 g/mol. The summed E-state index contributed by atoms with van der Waals surface area (Å²) in [6.45, 7) is 0. The highest BCUT2D eigenvalue weighted by Crippen LogP contribution is 2.27. The average molecular weight is 298 g/mol. The van der Waals surface area contributed by atoms with Gasteiger partial charge in [-0.25, -0.2) is 0 Å². The van der Waals surface area contributed by atoms with E-state index >= 15 is 0 Å². The molecule has 0 bridgehead atoms. The average Bonchev–Trinajstić information content (AvgIpc) is 3.02. The fraction of sp³-hybridized carbons (Fsp3) is 0.133. The molecule has 0 amide bonds. The van der Waals surface area contributed by atoms with E-state index in [0.29, 0.717) is 0 Å². The molecule has 2 heterocycles. The summed E-state index contributed by atoms with van der Waals surface area (Å²) in [7, 11) is 1.66. The third kappa shape index (κ3) is 3.05. The van der Waals surface area contributed by atoms with Crippen molar-refractivity contribution in [3.63, 3.8) is 0 Å². The van der Waals surface area contributed by atoms with Gasteiger partial charge in [0.2, 0.25) is 0 Å². The molecule has 3 rings (SSSR count). The first-order valence-electron chi connectivity index (χ1n) is 6.43. The second-order valence-electron chi connectivity index (χ2n) is 4.31. The van der Waals surface area contributed by atoms with Crippen LogP contribution in [0.5, 0.6) is 5.75 Å². The van der Waals surface area contributed by atoms with Crippen LogP contribution in [-0.4, -0.2) is 26.9 Å². The van der Waals surface area contributed by atoms with Crippen molar-refractivity contribution in [3.05, 3.63) is 60.7 Å². The van der Waals surface area contributed by atoms with Crippen LogP contribution in [0, 0.1) is 0 Å². The van der Waals surface area contributed by atoms with Gasteiger partial charge in [0.05, 0.1) is 12.8 Å². The minimum atomic E-state index is 0.792. The number of hydrogen-bond donors (Lipinski definition) is 0. The number of ether oxygens (including phenoxy) is 1. The van der Waals surface area contributed by atoms with Gasteiger partial charge in [0.15, 0.2) is 5.16 Å². The standard InChI is InChI=1S/C15H14N4OS/c1-20-14-7-3-2-6-13(14)19-11-17-18-15(19)21-10-12-5-4-8-16-9-12/h2-9,11H,10H2,1H3. The number of benzene rings is 1. The predicted octanol–water partition coefficient (Wildman–Crippen LogP) is 2.96. The molecule has 21 heavy (non-hydrogen) atoms. The molecule has 0 unspecified atom stereocenters. The summed E-state index contributed by atoms with van der Waals surface area (Å²) in [6, 6.07) is 11.8. The van der Waals surface area contributed by atoms with E-state index in [1.165, 1.54) is 0 Å². The summed E-state index contributed by atoms with van der Waals surface area (Å²) in [6.07, 6.45) is 5.33. The fourth-order valence-electron chi connectivity index (χ4n) is 1.95. The number of para-hydroxylation sites is 2. The van der Waals surface area contributed by atoms with Crippen molar-refractivity contribution in [1.82, 2.24) is 19.7 Å². The van der Waals surface area contributed by atoms with Crippen LogP contribution in [0.2, 0.25) is 0 Å². The van der Waals surface area contributed by atoms with Crippen molar-refractivity contribution in [3.8, 4) is 11.4 Å². The molecule has 0 saturated carbocycles.